The first kappa shape index (κ1) is 13.3. The molecular weight excluding hydrogens is 321 g/mol. The summed E-state index contributed by atoms with van der Waals surface area (Å²) in [4.78, 5) is 0. The van der Waals surface area contributed by atoms with E-state index >= 15 is 0 Å². The van der Waals surface area contributed by atoms with E-state index in [1.54, 1.807) is 0 Å². The third-order valence-corrected chi connectivity index (χ3v) is 4.98. The number of hydrogen-bond acceptors (Lipinski definition) is 1. The van der Waals surface area contributed by atoms with Gasteiger partial charge in [-0.3, -0.25) is 0 Å². The predicted octanol–water partition coefficient (Wildman–Crippen LogP) is 3.99. The van der Waals surface area contributed by atoms with Gasteiger partial charge < -0.3 is 5.73 Å². The molecule has 17 heavy (non-hydrogen) atoms. The summed E-state index contributed by atoms with van der Waals surface area (Å²) in [7, 11) is 0. The Bertz CT molecular complexity index is 350. The Hall–Kier alpha value is -0.0900. The van der Waals surface area contributed by atoms with Gasteiger partial charge in [-0.25, -0.2) is 0 Å². The van der Waals surface area contributed by atoms with Crippen LogP contribution < -0.4 is 5.73 Å². The van der Waals surface area contributed by atoms with Crippen molar-refractivity contribution in [3.05, 3.63) is 33.4 Å². The summed E-state index contributed by atoms with van der Waals surface area (Å²) in [6, 6.07) is 8.92. The molecule has 0 radical (unpaired) electrons. The van der Waals surface area contributed by atoms with Crippen LogP contribution in [0.4, 0.5) is 0 Å². The zero-order valence-electron chi connectivity index (χ0n) is 10.6. The van der Waals surface area contributed by atoms with Crippen molar-refractivity contribution in [2.24, 2.45) is 17.1 Å². The Labute approximate surface area is 118 Å². The highest BCUT2D eigenvalue weighted by atomic mass is 127. The first-order valence-electron chi connectivity index (χ1n) is 6.58. The van der Waals surface area contributed by atoms with E-state index in [0.717, 1.165) is 18.9 Å². The SMILES string of the molecule is CC1CCC(CN)(Cc2ccc(I)cc2)CC1. The largest absolute Gasteiger partial charge is 0.330 e. The molecule has 0 saturated heterocycles. The highest BCUT2D eigenvalue weighted by Crippen LogP contribution is 2.40. The van der Waals surface area contributed by atoms with Gasteiger partial charge in [-0.2, -0.15) is 0 Å². The number of benzene rings is 1. The van der Waals surface area contributed by atoms with Crippen molar-refractivity contribution in [3.8, 4) is 0 Å². The molecule has 0 heterocycles. The molecule has 1 aromatic carbocycles. The van der Waals surface area contributed by atoms with Crippen LogP contribution in [-0.2, 0) is 6.42 Å². The maximum atomic E-state index is 6.06. The summed E-state index contributed by atoms with van der Waals surface area (Å²) in [5.74, 6) is 0.895. The van der Waals surface area contributed by atoms with Gasteiger partial charge in [0.15, 0.2) is 0 Å². The van der Waals surface area contributed by atoms with E-state index in [0.29, 0.717) is 5.41 Å². The van der Waals surface area contributed by atoms with Crippen LogP contribution in [-0.4, -0.2) is 6.54 Å². The van der Waals surface area contributed by atoms with Gasteiger partial charge in [-0.05, 0) is 77.4 Å². The fourth-order valence-electron chi connectivity index (χ4n) is 2.86. The molecule has 1 aliphatic rings. The van der Waals surface area contributed by atoms with Crippen molar-refractivity contribution in [2.45, 2.75) is 39.0 Å². The molecule has 1 saturated carbocycles. The average Bonchev–Trinajstić information content (AvgIpc) is 2.35. The van der Waals surface area contributed by atoms with Crippen LogP contribution in [0.25, 0.3) is 0 Å². The molecule has 0 unspecified atom stereocenters. The lowest BCUT2D eigenvalue weighted by Crippen LogP contribution is -2.36. The van der Waals surface area contributed by atoms with E-state index < -0.39 is 0 Å². The lowest BCUT2D eigenvalue weighted by molar-refractivity contribution is 0.163. The predicted molar refractivity (Wildman–Crippen MR) is 82.0 cm³/mol. The highest BCUT2D eigenvalue weighted by molar-refractivity contribution is 14.1. The van der Waals surface area contributed by atoms with Crippen LogP contribution in [0.1, 0.15) is 38.2 Å². The van der Waals surface area contributed by atoms with Gasteiger partial charge in [0.05, 0.1) is 0 Å². The summed E-state index contributed by atoms with van der Waals surface area (Å²) >= 11 is 2.36. The molecule has 2 rings (SSSR count). The van der Waals surface area contributed by atoms with E-state index in [9.17, 15) is 0 Å². The van der Waals surface area contributed by atoms with Gasteiger partial charge in [0.1, 0.15) is 0 Å². The Morgan fingerprint density at radius 1 is 1.24 bits per heavy atom. The van der Waals surface area contributed by atoms with Crippen molar-refractivity contribution in [1.29, 1.82) is 0 Å². The third-order valence-electron chi connectivity index (χ3n) is 4.26. The normalized spacial score (nSPS) is 29.2. The number of halogens is 1. The summed E-state index contributed by atoms with van der Waals surface area (Å²) < 4.78 is 1.31. The monoisotopic (exact) mass is 343 g/mol. The fraction of sp³-hybridized carbons (Fsp3) is 0.600. The molecule has 2 heteroatoms. The van der Waals surface area contributed by atoms with Gasteiger partial charge in [0, 0.05) is 3.57 Å². The molecule has 0 spiro atoms. The molecule has 2 N–H and O–H groups in total. The third kappa shape index (κ3) is 3.44. The van der Waals surface area contributed by atoms with E-state index in [1.165, 1.54) is 34.8 Å². The van der Waals surface area contributed by atoms with Crippen LogP contribution >= 0.6 is 22.6 Å². The molecule has 1 aromatic rings. The minimum atomic E-state index is 0.374. The fourth-order valence-corrected chi connectivity index (χ4v) is 3.22. The number of nitrogens with two attached hydrogens (primary N) is 1. The molecule has 1 fully saturated rings. The Morgan fingerprint density at radius 3 is 2.35 bits per heavy atom. The zero-order chi connectivity index (χ0) is 12.3. The van der Waals surface area contributed by atoms with Crippen LogP contribution in [0.2, 0.25) is 0 Å². The van der Waals surface area contributed by atoms with Crippen molar-refractivity contribution in [1.82, 2.24) is 0 Å². The van der Waals surface area contributed by atoms with Crippen LogP contribution in [0, 0.1) is 14.9 Å². The summed E-state index contributed by atoms with van der Waals surface area (Å²) in [6.07, 6.45) is 6.46. The van der Waals surface area contributed by atoms with Crippen molar-refractivity contribution < 1.29 is 0 Å². The van der Waals surface area contributed by atoms with Crippen LogP contribution in [0.15, 0.2) is 24.3 Å². The summed E-state index contributed by atoms with van der Waals surface area (Å²) in [5.41, 5.74) is 7.88. The quantitative estimate of drug-likeness (QED) is 0.826. The molecule has 0 bridgehead atoms. The average molecular weight is 343 g/mol. The molecule has 94 valence electrons. The van der Waals surface area contributed by atoms with E-state index in [4.69, 9.17) is 5.73 Å². The second-order valence-electron chi connectivity index (χ2n) is 5.69. The van der Waals surface area contributed by atoms with Gasteiger partial charge in [0.25, 0.3) is 0 Å². The lowest BCUT2D eigenvalue weighted by atomic mass is 9.68. The zero-order valence-corrected chi connectivity index (χ0v) is 12.7. The van der Waals surface area contributed by atoms with E-state index in [1.807, 2.05) is 0 Å². The molecule has 1 nitrogen and oxygen atoms in total. The topological polar surface area (TPSA) is 26.0 Å². The minimum Gasteiger partial charge on any atom is -0.330 e. The number of rotatable bonds is 3. The van der Waals surface area contributed by atoms with Crippen LogP contribution in [0.3, 0.4) is 0 Å². The van der Waals surface area contributed by atoms with Crippen molar-refractivity contribution in [3.63, 3.8) is 0 Å². The lowest BCUT2D eigenvalue weighted by Gasteiger charge is -2.39. The molecule has 0 aliphatic heterocycles. The van der Waals surface area contributed by atoms with Gasteiger partial charge >= 0.3 is 0 Å². The Balaban J connectivity index is 2.06. The van der Waals surface area contributed by atoms with Crippen LogP contribution in [0.5, 0.6) is 0 Å². The highest BCUT2D eigenvalue weighted by Gasteiger charge is 2.32. The molecule has 0 aromatic heterocycles. The Morgan fingerprint density at radius 2 is 1.82 bits per heavy atom. The summed E-state index contributed by atoms with van der Waals surface area (Å²) in [5, 5.41) is 0. The number of hydrogen-bond donors (Lipinski definition) is 1. The van der Waals surface area contributed by atoms with Gasteiger partial charge in [-0.1, -0.05) is 31.9 Å². The smallest absolute Gasteiger partial charge is 0.0130 e. The second kappa shape index (κ2) is 5.70. The van der Waals surface area contributed by atoms with E-state index in [2.05, 4.69) is 53.8 Å². The first-order valence-corrected chi connectivity index (χ1v) is 7.66. The molecule has 0 amide bonds. The molecular formula is C15H22IN. The molecule has 0 atom stereocenters. The van der Waals surface area contributed by atoms with Gasteiger partial charge in [-0.15, -0.1) is 0 Å². The summed E-state index contributed by atoms with van der Waals surface area (Å²) in [6.45, 7) is 3.21. The van der Waals surface area contributed by atoms with Crippen molar-refractivity contribution >= 4 is 22.6 Å². The maximum Gasteiger partial charge on any atom is 0.0130 e. The van der Waals surface area contributed by atoms with Gasteiger partial charge in [0.2, 0.25) is 0 Å². The first-order chi connectivity index (χ1) is 8.13. The standard InChI is InChI=1S/C15H22IN/c1-12-6-8-15(11-17,9-7-12)10-13-2-4-14(16)5-3-13/h2-5,12H,6-11,17H2,1H3. The van der Waals surface area contributed by atoms with E-state index in [-0.39, 0.29) is 0 Å². The minimum absolute atomic E-state index is 0.374. The Kier molecular flexibility index (Phi) is 4.47. The maximum absolute atomic E-state index is 6.06. The van der Waals surface area contributed by atoms with Crippen molar-refractivity contribution in [2.75, 3.05) is 6.54 Å². The second-order valence-corrected chi connectivity index (χ2v) is 6.94. The molecule has 1 aliphatic carbocycles.